The number of carboxylic acids is 1. The second-order valence-electron chi connectivity index (χ2n) is 11.3. The Morgan fingerprint density at radius 2 is 1.89 bits per heavy atom. The fraction of sp³-hybridized carbons (Fsp3) is 0.464. The van der Waals surface area contributed by atoms with Crippen molar-refractivity contribution in [2.45, 2.75) is 78.0 Å². The van der Waals surface area contributed by atoms with E-state index in [4.69, 9.17) is 20.2 Å². The number of ether oxygens (including phenoxy) is 2. The number of anilines is 1. The molecule has 8 nitrogen and oxygen atoms in total. The van der Waals surface area contributed by atoms with Crippen LogP contribution in [0.3, 0.4) is 0 Å². The minimum atomic E-state index is -1.43. The number of carbonyl (C=O) groups excluding carboxylic acids is 1. The molecule has 0 unspecified atom stereocenters. The lowest BCUT2D eigenvalue weighted by Gasteiger charge is -2.31. The molecule has 2 aliphatic heterocycles. The fourth-order valence-electron chi connectivity index (χ4n) is 4.86. The number of hydrogen-bond acceptors (Lipinski definition) is 6. The largest absolute Gasteiger partial charge is 0.490 e. The van der Waals surface area contributed by atoms with E-state index in [1.54, 1.807) is 12.1 Å². The molecule has 2 aromatic carbocycles. The van der Waals surface area contributed by atoms with Crippen LogP contribution in [0.2, 0.25) is 0 Å². The molecule has 0 fully saturated rings. The van der Waals surface area contributed by atoms with Crippen LogP contribution in [0, 0.1) is 0 Å². The number of aliphatic carboxylic acids is 1. The summed E-state index contributed by atoms with van der Waals surface area (Å²) in [6.07, 6.45) is 1.46. The number of carbonyl (C=O) groups is 2. The van der Waals surface area contributed by atoms with E-state index >= 15 is 0 Å². The Kier molecular flexibility index (Phi) is 6.06. The van der Waals surface area contributed by atoms with Gasteiger partial charge in [-0.05, 0) is 78.6 Å². The Balaban J connectivity index is 1.81. The molecule has 8 heteroatoms. The maximum absolute atomic E-state index is 12.8. The Labute approximate surface area is 211 Å². The van der Waals surface area contributed by atoms with E-state index in [0.717, 1.165) is 45.9 Å². The van der Waals surface area contributed by atoms with Gasteiger partial charge in [-0.3, -0.25) is 9.79 Å². The van der Waals surface area contributed by atoms with Crippen molar-refractivity contribution >= 4 is 23.3 Å². The molecule has 4 N–H and O–H groups in total. The second kappa shape index (κ2) is 8.54. The van der Waals surface area contributed by atoms with Gasteiger partial charge in [0.1, 0.15) is 11.1 Å². The van der Waals surface area contributed by atoms with Crippen molar-refractivity contribution in [1.29, 1.82) is 0 Å². The molecule has 0 radical (unpaired) electrons. The van der Waals surface area contributed by atoms with Crippen LogP contribution >= 0.6 is 0 Å². The van der Waals surface area contributed by atoms with Crippen LogP contribution in [0.25, 0.3) is 0 Å². The van der Waals surface area contributed by atoms with E-state index in [1.165, 1.54) is 13.8 Å². The van der Waals surface area contributed by atoms with Gasteiger partial charge in [0.15, 0.2) is 11.5 Å². The van der Waals surface area contributed by atoms with Crippen molar-refractivity contribution < 1.29 is 24.2 Å². The summed E-state index contributed by atoms with van der Waals surface area (Å²) in [5, 5.41) is 11.9. The number of benzene rings is 2. The van der Waals surface area contributed by atoms with Gasteiger partial charge in [0.25, 0.3) is 5.91 Å². The molecule has 0 atom stereocenters. The molecule has 0 spiro atoms. The quantitative estimate of drug-likeness (QED) is 0.520. The summed E-state index contributed by atoms with van der Waals surface area (Å²) >= 11 is 0. The number of fused-ring (bicyclic) bond motifs is 3. The summed E-state index contributed by atoms with van der Waals surface area (Å²) in [5.74, 6) is -0.170. The zero-order valence-corrected chi connectivity index (χ0v) is 22.0. The first-order chi connectivity index (χ1) is 16.6. The molecule has 0 aromatic heterocycles. The average Bonchev–Trinajstić information content (AvgIpc) is 3.07. The van der Waals surface area contributed by atoms with Gasteiger partial charge >= 0.3 is 5.97 Å². The minimum Gasteiger partial charge on any atom is -0.490 e. The van der Waals surface area contributed by atoms with Crippen molar-refractivity contribution in [2.24, 2.45) is 4.99 Å². The third-order valence-electron chi connectivity index (χ3n) is 6.51. The highest BCUT2D eigenvalue weighted by atomic mass is 16.5. The van der Waals surface area contributed by atoms with E-state index in [2.05, 4.69) is 39.1 Å². The smallest absolute Gasteiger partial charge is 0.328 e. The summed E-state index contributed by atoms with van der Waals surface area (Å²) in [6.45, 7) is 13.6. The monoisotopic (exact) mass is 493 g/mol. The predicted octanol–water partition coefficient (Wildman–Crippen LogP) is 4.15. The number of nitrogens with zero attached hydrogens (tertiary/aromatic N) is 1. The molecule has 0 saturated carbocycles. The standard InChI is InChI=1S/C28H35N3O5/c1-8-35-20-12-16-13-26(2,3)30-22(21(16)18-14-27(4,5)36-23(18)20)15-9-10-17(19(29)11-15)24(32)31-28(6,7)25(33)34/h9-12H,8,13-14,29H2,1-7H3,(H,31,32)(H,33,34). The molecular formula is C28H35N3O5. The topological polar surface area (TPSA) is 123 Å². The summed E-state index contributed by atoms with van der Waals surface area (Å²) < 4.78 is 12.3. The summed E-state index contributed by atoms with van der Waals surface area (Å²) in [6, 6.07) is 7.23. The summed E-state index contributed by atoms with van der Waals surface area (Å²) in [5.41, 5.74) is 9.44. The molecule has 36 heavy (non-hydrogen) atoms. The number of amides is 1. The SMILES string of the molecule is CCOc1cc2c(c3c1OC(C)(C)C3)C(c1ccc(C(=O)NC(C)(C)C(=O)O)c(N)c1)=NC(C)(C)C2. The van der Waals surface area contributed by atoms with Gasteiger partial charge < -0.3 is 25.6 Å². The first-order valence-electron chi connectivity index (χ1n) is 12.2. The molecule has 192 valence electrons. The first-order valence-corrected chi connectivity index (χ1v) is 12.2. The predicted molar refractivity (Wildman–Crippen MR) is 139 cm³/mol. The zero-order chi connectivity index (χ0) is 26.6. The highest BCUT2D eigenvalue weighted by molar-refractivity contribution is 6.17. The Bertz CT molecular complexity index is 1290. The molecule has 0 saturated heterocycles. The minimum absolute atomic E-state index is 0.213. The lowest BCUT2D eigenvalue weighted by molar-refractivity contribution is -0.143. The fourth-order valence-corrected chi connectivity index (χ4v) is 4.86. The van der Waals surface area contributed by atoms with Crippen LogP contribution < -0.4 is 20.5 Å². The number of hydrogen-bond donors (Lipinski definition) is 3. The van der Waals surface area contributed by atoms with E-state index in [0.29, 0.717) is 13.0 Å². The zero-order valence-electron chi connectivity index (χ0n) is 22.0. The van der Waals surface area contributed by atoms with Crippen molar-refractivity contribution in [2.75, 3.05) is 12.3 Å². The maximum Gasteiger partial charge on any atom is 0.328 e. The van der Waals surface area contributed by atoms with Gasteiger partial charge in [0.05, 0.1) is 23.4 Å². The van der Waals surface area contributed by atoms with Crippen molar-refractivity contribution in [3.8, 4) is 11.5 Å². The summed E-state index contributed by atoms with van der Waals surface area (Å²) in [7, 11) is 0. The van der Waals surface area contributed by atoms with Crippen LogP contribution in [0.5, 0.6) is 11.5 Å². The van der Waals surface area contributed by atoms with Crippen LogP contribution in [-0.2, 0) is 17.6 Å². The number of carboxylic acid groups (broad SMARTS) is 1. The van der Waals surface area contributed by atoms with Gasteiger partial charge in [-0.25, -0.2) is 4.79 Å². The molecule has 0 bridgehead atoms. The second-order valence-corrected chi connectivity index (χ2v) is 11.3. The molecule has 1 amide bonds. The molecule has 2 aromatic rings. The van der Waals surface area contributed by atoms with Crippen molar-refractivity contribution in [3.05, 3.63) is 52.1 Å². The van der Waals surface area contributed by atoms with E-state index in [9.17, 15) is 14.7 Å². The number of nitrogens with two attached hydrogens (primary N) is 1. The van der Waals surface area contributed by atoms with Crippen molar-refractivity contribution in [1.82, 2.24) is 5.32 Å². The highest BCUT2D eigenvalue weighted by Gasteiger charge is 2.40. The van der Waals surface area contributed by atoms with Gasteiger partial charge in [-0.2, -0.15) is 0 Å². The number of aliphatic imine (C=N–C) groups is 1. The van der Waals surface area contributed by atoms with Crippen LogP contribution in [-0.4, -0.2) is 46.0 Å². The number of nitrogen functional groups attached to an aromatic ring is 1. The molecule has 2 aliphatic rings. The lowest BCUT2D eigenvalue weighted by Crippen LogP contribution is -2.49. The average molecular weight is 494 g/mol. The van der Waals surface area contributed by atoms with Gasteiger partial charge in [0, 0.05) is 28.8 Å². The van der Waals surface area contributed by atoms with Gasteiger partial charge in [-0.1, -0.05) is 6.07 Å². The number of rotatable bonds is 6. The van der Waals surface area contributed by atoms with Crippen LogP contribution in [0.4, 0.5) is 5.69 Å². The highest BCUT2D eigenvalue weighted by Crippen LogP contribution is 2.48. The lowest BCUT2D eigenvalue weighted by atomic mass is 9.80. The van der Waals surface area contributed by atoms with Crippen LogP contribution in [0.1, 0.15) is 81.1 Å². The third kappa shape index (κ3) is 4.64. The summed E-state index contributed by atoms with van der Waals surface area (Å²) in [4.78, 5) is 29.3. The Morgan fingerprint density at radius 1 is 1.19 bits per heavy atom. The normalized spacial score (nSPS) is 17.4. The molecule has 0 aliphatic carbocycles. The van der Waals surface area contributed by atoms with Gasteiger partial charge in [0.2, 0.25) is 0 Å². The Hall–Kier alpha value is -3.55. The molecular weight excluding hydrogens is 458 g/mol. The van der Waals surface area contributed by atoms with E-state index in [-0.39, 0.29) is 22.4 Å². The van der Waals surface area contributed by atoms with E-state index in [1.807, 2.05) is 13.0 Å². The Morgan fingerprint density at radius 3 is 2.50 bits per heavy atom. The van der Waals surface area contributed by atoms with E-state index < -0.39 is 17.4 Å². The van der Waals surface area contributed by atoms with Crippen molar-refractivity contribution in [3.63, 3.8) is 0 Å². The number of nitrogens with one attached hydrogen (secondary N) is 1. The third-order valence-corrected chi connectivity index (χ3v) is 6.51. The van der Waals surface area contributed by atoms with Crippen LogP contribution in [0.15, 0.2) is 29.3 Å². The first kappa shape index (κ1) is 25.5. The molecule has 4 rings (SSSR count). The van der Waals surface area contributed by atoms with Gasteiger partial charge in [-0.15, -0.1) is 0 Å². The maximum atomic E-state index is 12.8. The molecule has 2 heterocycles.